The van der Waals surface area contributed by atoms with Crippen molar-refractivity contribution in [3.8, 4) is 11.5 Å². The summed E-state index contributed by atoms with van der Waals surface area (Å²) >= 11 is 5.75. The van der Waals surface area contributed by atoms with E-state index in [1.807, 2.05) is 18.2 Å². The minimum atomic E-state index is -2.34. The molecule has 0 bridgehead atoms. The third-order valence-electron chi connectivity index (χ3n) is 3.66. The molecule has 1 N–H and O–H groups in total. The second kappa shape index (κ2) is 5.35. The van der Waals surface area contributed by atoms with E-state index in [0.29, 0.717) is 16.8 Å². The predicted octanol–water partition coefficient (Wildman–Crippen LogP) is 3.99. The second-order valence-electron chi connectivity index (χ2n) is 5.58. The second-order valence-corrected chi connectivity index (χ2v) is 10.0. The van der Waals surface area contributed by atoms with Crippen molar-refractivity contribution in [2.24, 2.45) is 0 Å². The molecule has 0 fully saturated rings. The first-order valence-corrected chi connectivity index (χ1v) is 9.18. The summed E-state index contributed by atoms with van der Waals surface area (Å²) in [6.45, 7) is 8.54. The summed E-state index contributed by atoms with van der Waals surface area (Å²) in [7, 11) is -2.34. The summed E-state index contributed by atoms with van der Waals surface area (Å²) in [5, 5.41) is 9.99. The van der Waals surface area contributed by atoms with Gasteiger partial charge in [-0.15, -0.1) is 11.6 Å². The summed E-state index contributed by atoms with van der Waals surface area (Å²) in [4.78, 5) is 0. The molecule has 0 amide bonds. The van der Waals surface area contributed by atoms with Gasteiger partial charge in [-0.05, 0) is 6.07 Å². The quantitative estimate of drug-likeness (QED) is 0.675. The molecule has 1 atom stereocenters. The van der Waals surface area contributed by atoms with Gasteiger partial charge in [0.2, 0.25) is 0 Å². The largest absolute Gasteiger partial charge is 0.508 e. The normalized spacial score (nSPS) is 18.1. The van der Waals surface area contributed by atoms with Crippen LogP contribution in [0.4, 0.5) is 0 Å². The molecule has 5 heteroatoms. The van der Waals surface area contributed by atoms with E-state index in [9.17, 15) is 5.11 Å². The molecule has 0 aliphatic carbocycles. The molecule has 106 valence electrons. The molecule has 0 spiro atoms. The van der Waals surface area contributed by atoms with Crippen LogP contribution in [0.3, 0.4) is 0 Å². The van der Waals surface area contributed by atoms with Crippen LogP contribution in [-0.2, 0) is 0 Å². The maximum Gasteiger partial charge on any atom is 0.465 e. The van der Waals surface area contributed by atoms with Crippen LogP contribution >= 0.6 is 11.6 Å². The Morgan fingerprint density at radius 2 is 1.79 bits per heavy atom. The van der Waals surface area contributed by atoms with Gasteiger partial charge in [-0.2, -0.15) is 0 Å². The van der Waals surface area contributed by atoms with E-state index in [1.165, 1.54) is 0 Å². The van der Waals surface area contributed by atoms with Gasteiger partial charge in [0.1, 0.15) is 5.75 Å². The third-order valence-corrected chi connectivity index (χ3v) is 8.23. The molecule has 0 aromatic heterocycles. The lowest BCUT2D eigenvalue weighted by Gasteiger charge is -2.31. The minimum absolute atomic E-state index is 0.151. The molecular weight excluding hydrogens is 280 g/mol. The summed E-state index contributed by atoms with van der Waals surface area (Å²) in [5.74, 6) is 1.58. The molecule has 1 aromatic rings. The van der Waals surface area contributed by atoms with Gasteiger partial charge < -0.3 is 14.0 Å². The van der Waals surface area contributed by atoms with E-state index in [2.05, 4.69) is 27.7 Å². The fraction of sp³-hybridized carbons (Fsp3) is 0.571. The Labute approximate surface area is 120 Å². The molecule has 0 unspecified atom stereocenters. The van der Waals surface area contributed by atoms with Crippen LogP contribution in [0, 0.1) is 0 Å². The fourth-order valence-corrected chi connectivity index (χ4v) is 6.08. The lowest BCUT2D eigenvalue weighted by Crippen LogP contribution is -2.50. The van der Waals surface area contributed by atoms with Gasteiger partial charge >= 0.3 is 8.56 Å². The summed E-state index contributed by atoms with van der Waals surface area (Å²) in [6.07, 6.45) is -0.718. The number of aliphatic hydroxyl groups excluding tert-OH is 1. The van der Waals surface area contributed by atoms with Crippen molar-refractivity contribution in [1.82, 2.24) is 0 Å². The van der Waals surface area contributed by atoms with Crippen LogP contribution in [0.2, 0.25) is 11.1 Å². The van der Waals surface area contributed by atoms with Crippen molar-refractivity contribution in [2.45, 2.75) is 44.9 Å². The molecule has 1 aliphatic rings. The highest BCUT2D eigenvalue weighted by Gasteiger charge is 2.54. The molecule has 0 saturated heterocycles. The first-order valence-electron chi connectivity index (χ1n) is 6.67. The SMILES string of the molecule is CC(C)[Si]1(C(C)C)Oc2cccc([C@@H](O)CCl)c2O1. The third kappa shape index (κ3) is 2.37. The number of aliphatic hydroxyl groups is 1. The minimum Gasteiger partial charge on any atom is -0.508 e. The molecule has 19 heavy (non-hydrogen) atoms. The summed E-state index contributed by atoms with van der Waals surface area (Å²) in [5.41, 5.74) is 1.39. The lowest BCUT2D eigenvalue weighted by molar-refractivity contribution is 0.200. The Balaban J connectivity index is 2.44. The molecular formula is C14H21ClO3Si. The number of hydrogen-bond donors (Lipinski definition) is 1. The monoisotopic (exact) mass is 300 g/mol. The number of halogens is 1. The van der Waals surface area contributed by atoms with Crippen LogP contribution in [0.25, 0.3) is 0 Å². The summed E-state index contributed by atoms with van der Waals surface area (Å²) in [6, 6.07) is 5.62. The van der Waals surface area contributed by atoms with Gasteiger partial charge in [-0.3, -0.25) is 0 Å². The topological polar surface area (TPSA) is 38.7 Å². The van der Waals surface area contributed by atoms with E-state index in [0.717, 1.165) is 11.3 Å². The molecule has 3 nitrogen and oxygen atoms in total. The molecule has 1 heterocycles. The van der Waals surface area contributed by atoms with Crippen molar-refractivity contribution < 1.29 is 14.0 Å². The first kappa shape index (κ1) is 14.7. The van der Waals surface area contributed by atoms with E-state index in [4.69, 9.17) is 20.5 Å². The smallest absolute Gasteiger partial charge is 0.465 e. The fourth-order valence-electron chi connectivity index (χ4n) is 2.56. The van der Waals surface area contributed by atoms with E-state index >= 15 is 0 Å². The average Bonchev–Trinajstić information content (AvgIpc) is 2.78. The Morgan fingerprint density at radius 3 is 2.32 bits per heavy atom. The first-order chi connectivity index (χ1) is 8.92. The molecule has 1 aromatic carbocycles. The summed E-state index contributed by atoms with van der Waals surface area (Å²) < 4.78 is 12.5. The van der Waals surface area contributed by atoms with E-state index in [1.54, 1.807) is 0 Å². The Bertz CT molecular complexity index is 454. The van der Waals surface area contributed by atoms with Gasteiger partial charge in [0.15, 0.2) is 5.75 Å². The standard InChI is InChI=1S/C14H21ClO3Si/c1-9(2)19(10(3)4)17-13-7-5-6-11(12(16)8-15)14(13)18-19/h5-7,9-10,12,16H,8H2,1-4H3/t12-/m0/s1. The van der Waals surface area contributed by atoms with Gasteiger partial charge in [-0.1, -0.05) is 39.8 Å². The molecule has 0 radical (unpaired) electrons. The van der Waals surface area contributed by atoms with Crippen LogP contribution in [0.5, 0.6) is 11.5 Å². The number of benzene rings is 1. The van der Waals surface area contributed by atoms with Gasteiger partial charge in [0.25, 0.3) is 0 Å². The van der Waals surface area contributed by atoms with Gasteiger partial charge in [0, 0.05) is 16.6 Å². The number of rotatable bonds is 4. The maximum absolute atomic E-state index is 9.99. The Morgan fingerprint density at radius 1 is 1.16 bits per heavy atom. The molecule has 1 aliphatic heterocycles. The van der Waals surface area contributed by atoms with Gasteiger partial charge in [-0.25, -0.2) is 0 Å². The van der Waals surface area contributed by atoms with Crippen molar-refractivity contribution in [2.75, 3.05) is 5.88 Å². The van der Waals surface area contributed by atoms with E-state index in [-0.39, 0.29) is 5.88 Å². The van der Waals surface area contributed by atoms with Crippen molar-refractivity contribution in [3.05, 3.63) is 23.8 Å². The highest BCUT2D eigenvalue weighted by atomic mass is 35.5. The van der Waals surface area contributed by atoms with Crippen LogP contribution in [0.1, 0.15) is 39.4 Å². The highest BCUT2D eigenvalue weighted by Crippen LogP contribution is 2.49. The number of alkyl halides is 1. The highest BCUT2D eigenvalue weighted by molar-refractivity contribution is 6.72. The number of hydrogen-bond acceptors (Lipinski definition) is 3. The van der Waals surface area contributed by atoms with Crippen LogP contribution < -0.4 is 8.85 Å². The average molecular weight is 301 g/mol. The van der Waals surface area contributed by atoms with Crippen molar-refractivity contribution >= 4 is 20.2 Å². The van der Waals surface area contributed by atoms with Crippen LogP contribution in [-0.4, -0.2) is 19.5 Å². The zero-order valence-corrected chi connectivity index (χ0v) is 13.6. The van der Waals surface area contributed by atoms with Crippen LogP contribution in [0.15, 0.2) is 18.2 Å². The predicted molar refractivity (Wildman–Crippen MR) is 79.3 cm³/mol. The zero-order valence-electron chi connectivity index (χ0n) is 11.8. The molecule has 2 rings (SSSR count). The number of para-hydroxylation sites is 1. The Hall–Kier alpha value is -0.713. The Kier molecular flexibility index (Phi) is 4.13. The van der Waals surface area contributed by atoms with Gasteiger partial charge in [0.05, 0.1) is 12.0 Å². The molecule has 0 saturated carbocycles. The number of fused-ring (bicyclic) bond motifs is 1. The van der Waals surface area contributed by atoms with Crippen molar-refractivity contribution in [3.63, 3.8) is 0 Å². The van der Waals surface area contributed by atoms with Crippen molar-refractivity contribution in [1.29, 1.82) is 0 Å². The maximum atomic E-state index is 9.99. The lowest BCUT2D eigenvalue weighted by atomic mass is 10.1. The zero-order chi connectivity index (χ0) is 14.2. The van der Waals surface area contributed by atoms with E-state index < -0.39 is 14.7 Å².